The molecular formula is C28H53NO. The molecule has 0 N–H and O–H groups in total. The number of unbranched alkanes of at least 4 members (excludes halogenated alkanes) is 17. The maximum absolute atomic E-state index is 5.66. The SMILES string of the molecule is CCCCCCCC/C=C\CCCCCCCCCCCCCC1=NC(C)(C)CO1. The average molecular weight is 420 g/mol. The topological polar surface area (TPSA) is 21.6 Å². The van der Waals surface area contributed by atoms with Gasteiger partial charge in [-0.1, -0.05) is 109 Å². The third-order valence-corrected chi connectivity index (χ3v) is 6.17. The van der Waals surface area contributed by atoms with Gasteiger partial charge in [0.2, 0.25) is 0 Å². The fourth-order valence-corrected chi connectivity index (χ4v) is 4.20. The van der Waals surface area contributed by atoms with Crippen LogP contribution in [0.2, 0.25) is 0 Å². The molecule has 176 valence electrons. The highest BCUT2D eigenvalue weighted by atomic mass is 16.5. The molecule has 0 saturated heterocycles. The second-order valence-corrected chi connectivity index (χ2v) is 10.1. The molecule has 0 aliphatic carbocycles. The molecule has 1 rings (SSSR count). The Hall–Kier alpha value is -0.790. The minimum Gasteiger partial charge on any atom is -0.478 e. The van der Waals surface area contributed by atoms with E-state index in [2.05, 4.69) is 37.9 Å². The summed E-state index contributed by atoms with van der Waals surface area (Å²) in [6.07, 6.45) is 32.3. The van der Waals surface area contributed by atoms with E-state index in [1.165, 1.54) is 122 Å². The summed E-state index contributed by atoms with van der Waals surface area (Å²) >= 11 is 0. The lowest BCUT2D eigenvalue weighted by atomic mass is 10.0. The molecule has 0 aromatic rings. The van der Waals surface area contributed by atoms with E-state index in [9.17, 15) is 0 Å². The molecule has 0 atom stereocenters. The highest BCUT2D eigenvalue weighted by Gasteiger charge is 2.25. The standard InChI is InChI=1S/C28H53NO/c1-4-5-6-7-8-9-10-11-12-13-14-15-16-17-18-19-20-21-22-23-24-25-27-29-28(2,3)26-30-27/h11-12H,4-10,13-26H2,1-3H3/b12-11-. The van der Waals surface area contributed by atoms with Crippen molar-refractivity contribution in [1.82, 2.24) is 0 Å². The van der Waals surface area contributed by atoms with Gasteiger partial charge in [-0.05, 0) is 46.0 Å². The van der Waals surface area contributed by atoms with Crippen LogP contribution in [0.25, 0.3) is 0 Å². The minimum atomic E-state index is 0.0132. The lowest BCUT2D eigenvalue weighted by Gasteiger charge is -2.07. The van der Waals surface area contributed by atoms with Crippen molar-refractivity contribution in [2.75, 3.05) is 6.61 Å². The Morgan fingerprint density at radius 3 is 1.53 bits per heavy atom. The molecule has 1 aliphatic rings. The highest BCUT2D eigenvalue weighted by molar-refractivity contribution is 5.78. The monoisotopic (exact) mass is 419 g/mol. The molecule has 0 radical (unpaired) electrons. The number of ether oxygens (including phenoxy) is 1. The predicted molar refractivity (Wildman–Crippen MR) is 135 cm³/mol. The highest BCUT2D eigenvalue weighted by Crippen LogP contribution is 2.20. The molecule has 0 bridgehead atoms. The van der Waals surface area contributed by atoms with E-state index in [-0.39, 0.29) is 5.54 Å². The number of allylic oxidation sites excluding steroid dienone is 2. The zero-order chi connectivity index (χ0) is 21.8. The molecule has 0 aromatic carbocycles. The van der Waals surface area contributed by atoms with E-state index in [0.29, 0.717) is 0 Å². The molecule has 0 saturated carbocycles. The van der Waals surface area contributed by atoms with Crippen LogP contribution in [0.4, 0.5) is 0 Å². The first kappa shape index (κ1) is 27.2. The zero-order valence-electron chi connectivity index (χ0n) is 20.9. The number of hydrogen-bond donors (Lipinski definition) is 0. The Labute approximate surface area is 189 Å². The van der Waals surface area contributed by atoms with Crippen LogP contribution in [0, 0.1) is 0 Å². The molecule has 0 fully saturated rings. The van der Waals surface area contributed by atoms with Gasteiger partial charge in [-0.3, -0.25) is 0 Å². The third-order valence-electron chi connectivity index (χ3n) is 6.17. The molecular weight excluding hydrogens is 366 g/mol. The Morgan fingerprint density at radius 2 is 1.10 bits per heavy atom. The van der Waals surface area contributed by atoms with E-state index in [1.807, 2.05) is 0 Å². The first-order chi connectivity index (χ1) is 14.6. The van der Waals surface area contributed by atoms with Crippen molar-refractivity contribution < 1.29 is 4.74 Å². The number of nitrogens with zero attached hydrogens (tertiary/aromatic N) is 1. The lowest BCUT2D eigenvalue weighted by Crippen LogP contribution is -2.17. The summed E-state index contributed by atoms with van der Waals surface area (Å²) in [6.45, 7) is 7.35. The molecule has 0 amide bonds. The van der Waals surface area contributed by atoms with Gasteiger partial charge in [-0.25, -0.2) is 4.99 Å². The maximum Gasteiger partial charge on any atom is 0.183 e. The summed E-state index contributed by atoms with van der Waals surface area (Å²) in [5.74, 6) is 0.994. The summed E-state index contributed by atoms with van der Waals surface area (Å²) in [4.78, 5) is 4.63. The van der Waals surface area contributed by atoms with Crippen LogP contribution in [-0.2, 0) is 4.74 Å². The van der Waals surface area contributed by atoms with Gasteiger partial charge in [-0.15, -0.1) is 0 Å². The summed E-state index contributed by atoms with van der Waals surface area (Å²) in [5.41, 5.74) is 0.0132. The second-order valence-electron chi connectivity index (χ2n) is 10.1. The van der Waals surface area contributed by atoms with Crippen LogP contribution < -0.4 is 0 Å². The summed E-state index contributed by atoms with van der Waals surface area (Å²) in [6, 6.07) is 0. The van der Waals surface area contributed by atoms with Crippen molar-refractivity contribution in [1.29, 1.82) is 0 Å². The smallest absolute Gasteiger partial charge is 0.183 e. The number of hydrogen-bond acceptors (Lipinski definition) is 2. The quantitative estimate of drug-likeness (QED) is 0.134. The van der Waals surface area contributed by atoms with Gasteiger partial charge < -0.3 is 4.74 Å². The van der Waals surface area contributed by atoms with Crippen LogP contribution >= 0.6 is 0 Å². The number of aliphatic imine (C=N–C) groups is 1. The first-order valence-corrected chi connectivity index (χ1v) is 13.5. The summed E-state index contributed by atoms with van der Waals surface area (Å²) in [5, 5.41) is 0. The van der Waals surface area contributed by atoms with Crippen LogP contribution in [0.3, 0.4) is 0 Å². The molecule has 0 spiro atoms. The largest absolute Gasteiger partial charge is 0.478 e. The first-order valence-electron chi connectivity index (χ1n) is 13.5. The van der Waals surface area contributed by atoms with Gasteiger partial charge in [0.15, 0.2) is 5.90 Å². The van der Waals surface area contributed by atoms with Gasteiger partial charge in [0.1, 0.15) is 6.61 Å². The second kappa shape index (κ2) is 18.9. The summed E-state index contributed by atoms with van der Waals surface area (Å²) < 4.78 is 5.66. The average Bonchev–Trinajstić information content (AvgIpc) is 3.07. The van der Waals surface area contributed by atoms with Crippen LogP contribution in [0.15, 0.2) is 17.1 Å². The van der Waals surface area contributed by atoms with Crippen molar-refractivity contribution in [3.63, 3.8) is 0 Å². The maximum atomic E-state index is 5.66. The molecule has 1 heterocycles. The molecule has 2 nitrogen and oxygen atoms in total. The van der Waals surface area contributed by atoms with Gasteiger partial charge in [0.05, 0.1) is 5.54 Å². The van der Waals surface area contributed by atoms with Crippen molar-refractivity contribution in [2.24, 2.45) is 4.99 Å². The van der Waals surface area contributed by atoms with E-state index < -0.39 is 0 Å². The van der Waals surface area contributed by atoms with Crippen LogP contribution in [0.1, 0.15) is 149 Å². The molecule has 0 unspecified atom stereocenters. The van der Waals surface area contributed by atoms with Crippen molar-refractivity contribution in [3.05, 3.63) is 12.2 Å². The Balaban J connectivity index is 1.71. The fraction of sp³-hybridized carbons (Fsp3) is 0.893. The molecule has 0 aromatic heterocycles. The molecule has 30 heavy (non-hydrogen) atoms. The normalized spacial score (nSPS) is 15.6. The van der Waals surface area contributed by atoms with Crippen molar-refractivity contribution >= 4 is 5.90 Å². The fourth-order valence-electron chi connectivity index (χ4n) is 4.20. The predicted octanol–water partition coefficient (Wildman–Crippen LogP) is 9.57. The van der Waals surface area contributed by atoms with E-state index in [0.717, 1.165) is 18.9 Å². The Morgan fingerprint density at radius 1 is 0.667 bits per heavy atom. The lowest BCUT2D eigenvalue weighted by molar-refractivity contribution is 0.273. The van der Waals surface area contributed by atoms with E-state index in [1.54, 1.807) is 0 Å². The van der Waals surface area contributed by atoms with Gasteiger partial charge in [0, 0.05) is 6.42 Å². The van der Waals surface area contributed by atoms with Gasteiger partial charge in [-0.2, -0.15) is 0 Å². The van der Waals surface area contributed by atoms with Crippen LogP contribution in [-0.4, -0.2) is 18.0 Å². The number of rotatable bonds is 21. The van der Waals surface area contributed by atoms with Crippen molar-refractivity contribution in [3.8, 4) is 0 Å². The molecule has 2 heteroatoms. The van der Waals surface area contributed by atoms with E-state index in [4.69, 9.17) is 4.74 Å². The van der Waals surface area contributed by atoms with E-state index >= 15 is 0 Å². The van der Waals surface area contributed by atoms with Crippen molar-refractivity contribution in [2.45, 2.75) is 155 Å². The van der Waals surface area contributed by atoms with Gasteiger partial charge >= 0.3 is 0 Å². The Bertz CT molecular complexity index is 438. The third kappa shape index (κ3) is 16.9. The Kier molecular flexibility index (Phi) is 17.2. The minimum absolute atomic E-state index is 0.0132. The van der Waals surface area contributed by atoms with Gasteiger partial charge in [0.25, 0.3) is 0 Å². The molecule has 1 aliphatic heterocycles. The zero-order valence-corrected chi connectivity index (χ0v) is 20.9. The van der Waals surface area contributed by atoms with Crippen LogP contribution in [0.5, 0.6) is 0 Å². The summed E-state index contributed by atoms with van der Waals surface area (Å²) in [7, 11) is 0.